The third-order valence-electron chi connectivity index (χ3n) is 3.63. The molecule has 0 fully saturated rings. The second kappa shape index (κ2) is 5.17. The quantitative estimate of drug-likeness (QED) is 0.919. The number of nitrogens with two attached hydrogens (primary N) is 1. The van der Waals surface area contributed by atoms with E-state index >= 15 is 0 Å². The van der Waals surface area contributed by atoms with Crippen LogP contribution < -0.4 is 5.73 Å². The minimum atomic E-state index is -4.42. The zero-order valence-corrected chi connectivity index (χ0v) is 11.6. The first-order chi connectivity index (χ1) is 9.77. The first kappa shape index (κ1) is 15.0. The molecule has 2 aromatic rings. The fourth-order valence-electron chi connectivity index (χ4n) is 2.34. The van der Waals surface area contributed by atoms with Crippen molar-refractivity contribution in [3.63, 3.8) is 0 Å². The predicted molar refractivity (Wildman–Crippen MR) is 73.6 cm³/mol. The topological polar surface area (TPSA) is 54.7 Å². The second-order valence-electron chi connectivity index (χ2n) is 4.82. The molecule has 2 N–H and O–H groups in total. The lowest BCUT2D eigenvalue weighted by Gasteiger charge is -2.15. The van der Waals surface area contributed by atoms with Crippen molar-refractivity contribution in [1.82, 2.24) is 4.57 Å². The van der Waals surface area contributed by atoms with Gasteiger partial charge in [-0.25, -0.2) is 0 Å². The zero-order chi connectivity index (χ0) is 15.8. The Labute approximate surface area is 120 Å². The lowest BCUT2D eigenvalue weighted by Crippen LogP contribution is -2.13. The molecule has 3 nitrogen and oxygen atoms in total. The van der Waals surface area contributed by atoms with Crippen LogP contribution in [0.4, 0.5) is 19.0 Å². The summed E-state index contributed by atoms with van der Waals surface area (Å²) in [5, 5.41) is 9.06. The van der Waals surface area contributed by atoms with Crippen LogP contribution in [0.1, 0.15) is 27.9 Å². The highest BCUT2D eigenvalue weighted by Crippen LogP contribution is 2.33. The lowest BCUT2D eigenvalue weighted by molar-refractivity contribution is -0.138. The van der Waals surface area contributed by atoms with Crippen LogP contribution in [-0.4, -0.2) is 4.57 Å². The molecule has 0 unspecified atom stereocenters. The van der Waals surface area contributed by atoms with E-state index in [0.29, 0.717) is 16.8 Å². The molecule has 0 atom stereocenters. The van der Waals surface area contributed by atoms with Crippen LogP contribution in [0.2, 0.25) is 0 Å². The Morgan fingerprint density at radius 1 is 1.24 bits per heavy atom. The smallest absolute Gasteiger partial charge is 0.384 e. The van der Waals surface area contributed by atoms with Gasteiger partial charge in [-0.15, -0.1) is 0 Å². The minimum absolute atomic E-state index is 0.0180. The Bertz CT molecular complexity index is 721. The van der Waals surface area contributed by atoms with Gasteiger partial charge >= 0.3 is 6.18 Å². The first-order valence-electron chi connectivity index (χ1n) is 6.27. The number of nitriles is 1. The maximum absolute atomic E-state index is 13.0. The number of hydrogen-bond donors (Lipinski definition) is 1. The summed E-state index contributed by atoms with van der Waals surface area (Å²) in [6.45, 7) is 3.45. The number of aromatic nitrogens is 1. The van der Waals surface area contributed by atoms with Crippen molar-refractivity contribution in [3.8, 4) is 6.07 Å². The molecule has 1 aromatic carbocycles. The van der Waals surface area contributed by atoms with Crippen molar-refractivity contribution in [1.29, 1.82) is 5.26 Å². The summed E-state index contributed by atoms with van der Waals surface area (Å²) in [6.07, 6.45) is -4.42. The van der Waals surface area contributed by atoms with Gasteiger partial charge < -0.3 is 10.3 Å². The van der Waals surface area contributed by atoms with Crippen molar-refractivity contribution in [2.24, 2.45) is 0 Å². The molecule has 21 heavy (non-hydrogen) atoms. The van der Waals surface area contributed by atoms with Crippen LogP contribution in [0.25, 0.3) is 0 Å². The molecule has 0 aliphatic rings. The molecule has 0 radical (unpaired) electrons. The number of nitrogens with zero attached hydrogens (tertiary/aromatic N) is 2. The van der Waals surface area contributed by atoms with Crippen molar-refractivity contribution in [2.45, 2.75) is 26.6 Å². The summed E-state index contributed by atoms with van der Waals surface area (Å²) in [4.78, 5) is 0. The molecule has 0 bridgehead atoms. The number of rotatable bonds is 2. The largest absolute Gasteiger partial charge is 0.416 e. The Kier molecular flexibility index (Phi) is 3.69. The van der Waals surface area contributed by atoms with Crippen LogP contribution in [0.15, 0.2) is 24.3 Å². The molecular weight excluding hydrogens is 279 g/mol. The third-order valence-corrected chi connectivity index (χ3v) is 3.63. The SMILES string of the molecule is Cc1c(C#N)c(N)n(Cc2ccccc2C(F)(F)F)c1C. The Hall–Kier alpha value is -2.42. The third kappa shape index (κ3) is 2.59. The summed E-state index contributed by atoms with van der Waals surface area (Å²) in [6, 6.07) is 7.36. The summed E-state index contributed by atoms with van der Waals surface area (Å²) in [7, 11) is 0. The monoisotopic (exact) mass is 293 g/mol. The van der Waals surface area contributed by atoms with Gasteiger partial charge in [-0.05, 0) is 31.0 Å². The van der Waals surface area contributed by atoms with Crippen molar-refractivity contribution < 1.29 is 13.2 Å². The summed E-state index contributed by atoms with van der Waals surface area (Å²) >= 11 is 0. The second-order valence-corrected chi connectivity index (χ2v) is 4.82. The molecule has 0 saturated heterocycles. The van der Waals surface area contributed by atoms with E-state index in [1.54, 1.807) is 24.5 Å². The predicted octanol–water partition coefficient (Wildman–Crippen LogP) is 3.63. The normalized spacial score (nSPS) is 11.4. The molecule has 110 valence electrons. The standard InChI is InChI=1S/C15H14F3N3/c1-9-10(2)21(14(20)12(9)7-19)8-11-5-3-4-6-13(11)15(16,17)18/h3-6H,8,20H2,1-2H3. The van der Waals surface area contributed by atoms with Crippen LogP contribution in [-0.2, 0) is 12.7 Å². The minimum Gasteiger partial charge on any atom is -0.384 e. The molecule has 0 amide bonds. The van der Waals surface area contributed by atoms with Crippen LogP contribution in [0.3, 0.4) is 0 Å². The molecule has 0 spiro atoms. The van der Waals surface area contributed by atoms with E-state index < -0.39 is 11.7 Å². The number of anilines is 1. The van der Waals surface area contributed by atoms with Crippen molar-refractivity contribution in [2.75, 3.05) is 5.73 Å². The Morgan fingerprint density at radius 2 is 1.86 bits per heavy atom. The highest BCUT2D eigenvalue weighted by atomic mass is 19.4. The van der Waals surface area contributed by atoms with Gasteiger partial charge in [-0.2, -0.15) is 18.4 Å². The lowest BCUT2D eigenvalue weighted by atomic mass is 10.1. The average molecular weight is 293 g/mol. The first-order valence-corrected chi connectivity index (χ1v) is 6.27. The van der Waals surface area contributed by atoms with Gasteiger partial charge in [0.2, 0.25) is 0 Å². The Balaban J connectivity index is 2.53. The fourth-order valence-corrected chi connectivity index (χ4v) is 2.34. The fraction of sp³-hybridized carbons (Fsp3) is 0.267. The highest BCUT2D eigenvalue weighted by Gasteiger charge is 2.33. The summed E-state index contributed by atoms with van der Waals surface area (Å²) < 4.78 is 40.6. The number of nitrogen functional groups attached to an aromatic ring is 1. The van der Waals surface area contributed by atoms with E-state index in [0.717, 1.165) is 6.07 Å². The molecule has 0 aliphatic carbocycles. The van der Waals surface area contributed by atoms with E-state index in [1.165, 1.54) is 12.1 Å². The maximum Gasteiger partial charge on any atom is 0.416 e. The number of benzene rings is 1. The van der Waals surface area contributed by atoms with Gasteiger partial charge in [0.05, 0.1) is 11.1 Å². The van der Waals surface area contributed by atoms with Crippen molar-refractivity contribution in [3.05, 3.63) is 52.2 Å². The number of halogens is 3. The van der Waals surface area contributed by atoms with Gasteiger partial charge in [-0.1, -0.05) is 18.2 Å². The Morgan fingerprint density at radius 3 is 2.38 bits per heavy atom. The summed E-state index contributed by atoms with van der Waals surface area (Å²) in [5.74, 6) is 0.199. The van der Waals surface area contributed by atoms with E-state index in [1.807, 2.05) is 6.07 Å². The maximum atomic E-state index is 13.0. The molecule has 2 rings (SSSR count). The van der Waals surface area contributed by atoms with E-state index in [4.69, 9.17) is 11.0 Å². The average Bonchev–Trinajstić information content (AvgIpc) is 2.62. The molecule has 1 heterocycles. The van der Waals surface area contributed by atoms with Crippen LogP contribution in [0, 0.1) is 25.2 Å². The van der Waals surface area contributed by atoms with Gasteiger partial charge in [0, 0.05) is 12.2 Å². The van der Waals surface area contributed by atoms with Crippen LogP contribution in [0.5, 0.6) is 0 Å². The van der Waals surface area contributed by atoms with Gasteiger partial charge in [0.1, 0.15) is 11.9 Å². The van der Waals surface area contributed by atoms with E-state index in [9.17, 15) is 13.2 Å². The van der Waals surface area contributed by atoms with Gasteiger partial charge in [0.15, 0.2) is 0 Å². The summed E-state index contributed by atoms with van der Waals surface area (Å²) in [5.41, 5.74) is 7.03. The highest BCUT2D eigenvalue weighted by molar-refractivity contribution is 5.58. The molecule has 0 saturated carbocycles. The molecule has 6 heteroatoms. The van der Waals surface area contributed by atoms with E-state index in [2.05, 4.69) is 0 Å². The molecular formula is C15H14F3N3. The zero-order valence-electron chi connectivity index (χ0n) is 11.6. The van der Waals surface area contributed by atoms with Gasteiger partial charge in [-0.3, -0.25) is 0 Å². The van der Waals surface area contributed by atoms with Crippen molar-refractivity contribution >= 4 is 5.82 Å². The molecule has 1 aromatic heterocycles. The number of alkyl halides is 3. The molecule has 0 aliphatic heterocycles. The van der Waals surface area contributed by atoms with Crippen LogP contribution >= 0.6 is 0 Å². The van der Waals surface area contributed by atoms with E-state index in [-0.39, 0.29) is 17.9 Å². The number of hydrogen-bond acceptors (Lipinski definition) is 2. The van der Waals surface area contributed by atoms with Gasteiger partial charge in [0.25, 0.3) is 0 Å².